The van der Waals surface area contributed by atoms with E-state index in [9.17, 15) is 9.59 Å². The molecule has 0 aliphatic carbocycles. The van der Waals surface area contributed by atoms with Gasteiger partial charge in [0.1, 0.15) is 0 Å². The Morgan fingerprint density at radius 2 is 2.19 bits per heavy atom. The highest BCUT2D eigenvalue weighted by Gasteiger charge is 2.35. The number of aryl methyl sites for hydroxylation is 2. The molecule has 0 spiro atoms. The Morgan fingerprint density at radius 1 is 1.43 bits per heavy atom. The Kier molecular flexibility index (Phi) is 3.16. The summed E-state index contributed by atoms with van der Waals surface area (Å²) in [4.78, 5) is 25.3. The first-order valence-electron chi connectivity index (χ1n) is 6.83. The lowest BCUT2D eigenvalue weighted by Gasteiger charge is -2.16. The van der Waals surface area contributed by atoms with Crippen LogP contribution < -0.4 is 4.90 Å². The van der Waals surface area contributed by atoms with E-state index in [1.807, 2.05) is 36.9 Å². The monoisotopic (exact) mass is 287 g/mol. The van der Waals surface area contributed by atoms with Gasteiger partial charge in [-0.15, -0.1) is 0 Å². The molecule has 6 nitrogen and oxygen atoms in total. The number of ether oxygens (including phenoxy) is 1. The number of rotatable bonds is 2. The minimum Gasteiger partial charge on any atom is -0.469 e. The average molecular weight is 287 g/mol. The highest BCUT2D eigenvalue weighted by Crippen LogP contribution is 2.29. The number of amides is 1. The summed E-state index contributed by atoms with van der Waals surface area (Å²) in [5.41, 5.74) is 2.70. The maximum atomic E-state index is 12.1. The number of hydrogen-bond donors (Lipinski definition) is 0. The first-order chi connectivity index (χ1) is 10.0. The number of fused-ring (bicyclic) bond motifs is 1. The first kappa shape index (κ1) is 13.6. The van der Waals surface area contributed by atoms with Crippen LogP contribution in [0.5, 0.6) is 0 Å². The van der Waals surface area contributed by atoms with E-state index in [0.29, 0.717) is 6.54 Å². The van der Waals surface area contributed by atoms with Crippen LogP contribution in [0.3, 0.4) is 0 Å². The second-order valence-corrected chi connectivity index (χ2v) is 5.34. The summed E-state index contributed by atoms with van der Waals surface area (Å²) in [6.07, 6.45) is 0.200. The highest BCUT2D eigenvalue weighted by atomic mass is 16.5. The smallest absolute Gasteiger partial charge is 0.311 e. The van der Waals surface area contributed by atoms with Gasteiger partial charge in [0.25, 0.3) is 0 Å². The SMILES string of the molecule is COC(=O)C1CC(=O)N(c2ccc3c(C)n(C)nc3c2)C1. The van der Waals surface area contributed by atoms with Crippen molar-refractivity contribution < 1.29 is 14.3 Å². The number of methoxy groups -OCH3 is 1. The number of anilines is 1. The Hall–Kier alpha value is -2.37. The van der Waals surface area contributed by atoms with Gasteiger partial charge in [0.05, 0.1) is 18.5 Å². The van der Waals surface area contributed by atoms with Crippen molar-refractivity contribution in [1.82, 2.24) is 9.78 Å². The van der Waals surface area contributed by atoms with Crippen LogP contribution in [-0.2, 0) is 21.4 Å². The van der Waals surface area contributed by atoms with Crippen molar-refractivity contribution >= 4 is 28.5 Å². The summed E-state index contributed by atoms with van der Waals surface area (Å²) in [6, 6.07) is 5.75. The number of carbonyl (C=O) groups is 2. The maximum Gasteiger partial charge on any atom is 0.311 e. The van der Waals surface area contributed by atoms with E-state index in [1.165, 1.54) is 7.11 Å². The molecule has 2 aromatic rings. The molecule has 0 bridgehead atoms. The standard InChI is InChI=1S/C15H17N3O3/c1-9-12-5-4-11(7-13(12)16-17(9)2)18-8-10(6-14(18)19)15(20)21-3/h4-5,7,10H,6,8H2,1-3H3. The zero-order chi connectivity index (χ0) is 15.1. The van der Waals surface area contributed by atoms with Crippen molar-refractivity contribution in [2.24, 2.45) is 13.0 Å². The minimum absolute atomic E-state index is 0.0580. The van der Waals surface area contributed by atoms with Gasteiger partial charge in [0.2, 0.25) is 5.91 Å². The molecule has 1 unspecified atom stereocenters. The van der Waals surface area contributed by atoms with Gasteiger partial charge >= 0.3 is 5.97 Å². The van der Waals surface area contributed by atoms with Crippen LogP contribution in [0.25, 0.3) is 10.9 Å². The van der Waals surface area contributed by atoms with Crippen LogP contribution in [0.15, 0.2) is 18.2 Å². The maximum absolute atomic E-state index is 12.1. The normalized spacial score (nSPS) is 18.5. The molecule has 0 radical (unpaired) electrons. The van der Waals surface area contributed by atoms with Gasteiger partial charge in [-0.3, -0.25) is 14.3 Å². The number of aromatic nitrogens is 2. The van der Waals surface area contributed by atoms with E-state index in [4.69, 9.17) is 4.74 Å². The summed E-state index contributed by atoms with van der Waals surface area (Å²) in [5, 5.41) is 5.49. The van der Waals surface area contributed by atoms with Crippen molar-refractivity contribution in [3.63, 3.8) is 0 Å². The molecule has 1 amide bonds. The second kappa shape index (κ2) is 4.87. The fourth-order valence-corrected chi connectivity index (χ4v) is 2.77. The molecular formula is C15H17N3O3. The highest BCUT2D eigenvalue weighted by molar-refractivity contribution is 6.00. The fourth-order valence-electron chi connectivity index (χ4n) is 2.77. The quantitative estimate of drug-likeness (QED) is 0.783. The molecule has 1 atom stereocenters. The van der Waals surface area contributed by atoms with Gasteiger partial charge in [0.15, 0.2) is 0 Å². The lowest BCUT2D eigenvalue weighted by atomic mass is 10.1. The van der Waals surface area contributed by atoms with Gasteiger partial charge in [-0.05, 0) is 25.1 Å². The molecule has 0 N–H and O–H groups in total. The Balaban J connectivity index is 1.94. The molecule has 0 saturated carbocycles. The van der Waals surface area contributed by atoms with Crippen molar-refractivity contribution in [2.75, 3.05) is 18.6 Å². The molecule has 1 aliphatic rings. The predicted octanol–water partition coefficient (Wildman–Crippen LogP) is 1.41. The Labute approximate surface area is 122 Å². The van der Waals surface area contributed by atoms with Crippen LogP contribution in [0.2, 0.25) is 0 Å². The Morgan fingerprint density at radius 3 is 2.90 bits per heavy atom. The average Bonchev–Trinajstić information content (AvgIpc) is 2.99. The summed E-state index contributed by atoms with van der Waals surface area (Å²) in [7, 11) is 3.24. The molecular weight excluding hydrogens is 270 g/mol. The van der Waals surface area contributed by atoms with Crippen molar-refractivity contribution in [1.29, 1.82) is 0 Å². The van der Waals surface area contributed by atoms with Gasteiger partial charge in [-0.2, -0.15) is 5.10 Å². The lowest BCUT2D eigenvalue weighted by Crippen LogP contribution is -2.26. The number of benzene rings is 1. The van der Waals surface area contributed by atoms with Crippen LogP contribution in [-0.4, -0.2) is 35.3 Å². The third-order valence-corrected chi connectivity index (χ3v) is 4.09. The molecule has 110 valence electrons. The van der Waals surface area contributed by atoms with E-state index in [-0.39, 0.29) is 24.2 Å². The van der Waals surface area contributed by atoms with Gasteiger partial charge in [-0.1, -0.05) is 0 Å². The summed E-state index contributed by atoms with van der Waals surface area (Å²) in [5.74, 6) is -0.776. The van der Waals surface area contributed by atoms with Crippen molar-refractivity contribution in [3.05, 3.63) is 23.9 Å². The van der Waals surface area contributed by atoms with Crippen LogP contribution in [0, 0.1) is 12.8 Å². The van der Waals surface area contributed by atoms with E-state index < -0.39 is 0 Å². The molecule has 6 heteroatoms. The number of carbonyl (C=O) groups excluding carboxylic acids is 2. The van der Waals surface area contributed by atoms with Crippen molar-refractivity contribution in [2.45, 2.75) is 13.3 Å². The number of nitrogens with zero attached hydrogens (tertiary/aromatic N) is 3. The zero-order valence-electron chi connectivity index (χ0n) is 12.3. The Bertz CT molecular complexity index is 735. The van der Waals surface area contributed by atoms with Crippen molar-refractivity contribution in [3.8, 4) is 0 Å². The van der Waals surface area contributed by atoms with Gasteiger partial charge in [-0.25, -0.2) is 0 Å². The summed E-state index contributed by atoms with van der Waals surface area (Å²) in [6.45, 7) is 2.37. The molecule has 2 heterocycles. The number of esters is 1. The number of hydrogen-bond acceptors (Lipinski definition) is 4. The van der Waals surface area contributed by atoms with Gasteiger partial charge in [0, 0.05) is 36.8 Å². The van der Waals surface area contributed by atoms with Gasteiger partial charge < -0.3 is 9.64 Å². The van der Waals surface area contributed by atoms with E-state index in [0.717, 1.165) is 22.3 Å². The lowest BCUT2D eigenvalue weighted by molar-refractivity contribution is -0.145. The second-order valence-electron chi connectivity index (χ2n) is 5.34. The predicted molar refractivity (Wildman–Crippen MR) is 77.9 cm³/mol. The summed E-state index contributed by atoms with van der Waals surface area (Å²) >= 11 is 0. The van der Waals surface area contributed by atoms with E-state index in [2.05, 4.69) is 5.10 Å². The minimum atomic E-state index is -0.385. The van der Waals surface area contributed by atoms with Crippen LogP contribution >= 0.6 is 0 Å². The third-order valence-electron chi connectivity index (χ3n) is 4.09. The largest absolute Gasteiger partial charge is 0.469 e. The molecule has 21 heavy (non-hydrogen) atoms. The fraction of sp³-hybridized carbons (Fsp3) is 0.400. The molecule has 1 saturated heterocycles. The topological polar surface area (TPSA) is 64.4 Å². The molecule has 1 aliphatic heterocycles. The summed E-state index contributed by atoms with van der Waals surface area (Å²) < 4.78 is 6.54. The third kappa shape index (κ3) is 2.16. The van der Waals surface area contributed by atoms with Crippen LogP contribution in [0.1, 0.15) is 12.1 Å². The molecule has 3 rings (SSSR count). The van der Waals surface area contributed by atoms with E-state index >= 15 is 0 Å². The first-order valence-corrected chi connectivity index (χ1v) is 6.83. The zero-order valence-corrected chi connectivity index (χ0v) is 12.3. The molecule has 1 aromatic carbocycles. The molecule has 1 fully saturated rings. The van der Waals surface area contributed by atoms with Crippen LogP contribution in [0.4, 0.5) is 5.69 Å². The molecule has 1 aromatic heterocycles. The van der Waals surface area contributed by atoms with E-state index in [1.54, 1.807) is 4.90 Å².